The summed E-state index contributed by atoms with van der Waals surface area (Å²) < 4.78 is 5.02. The Morgan fingerprint density at radius 2 is 1.79 bits per heavy atom. The molecular formula is C22H16ClN3O5S2. The molecule has 0 radical (unpaired) electrons. The number of carbonyl (C=O) groups excluding carboxylic acids is 4. The number of nitrogens with zero attached hydrogens (tertiary/aromatic N) is 2. The van der Waals surface area contributed by atoms with Crippen LogP contribution in [0.3, 0.4) is 0 Å². The number of thioether (sulfide) groups is 1. The average Bonchev–Trinajstić information content (AvgIpc) is 3.21. The summed E-state index contributed by atoms with van der Waals surface area (Å²) in [5.74, 6) is -2.37. The SMILES string of the molecule is CCOC(=O)CN1C(=O)/C(=C2\SC(=S)N(NC(=O)c3ccccc3Cl)C2=O)c2ccccc21. The highest BCUT2D eigenvalue weighted by molar-refractivity contribution is 8.26. The number of hydrogen-bond acceptors (Lipinski definition) is 7. The molecule has 0 atom stereocenters. The molecule has 0 aromatic heterocycles. The number of benzene rings is 2. The van der Waals surface area contributed by atoms with Gasteiger partial charge in [0.05, 0.1) is 33.4 Å². The number of amides is 3. The maximum Gasteiger partial charge on any atom is 0.326 e. The van der Waals surface area contributed by atoms with Crippen molar-refractivity contribution in [1.82, 2.24) is 10.4 Å². The highest BCUT2D eigenvalue weighted by atomic mass is 35.5. The summed E-state index contributed by atoms with van der Waals surface area (Å²) in [5.41, 5.74) is 3.71. The van der Waals surface area contributed by atoms with Gasteiger partial charge < -0.3 is 4.74 Å². The van der Waals surface area contributed by atoms with Crippen LogP contribution < -0.4 is 10.3 Å². The quantitative estimate of drug-likeness (QED) is 0.382. The Morgan fingerprint density at radius 3 is 2.52 bits per heavy atom. The van der Waals surface area contributed by atoms with E-state index >= 15 is 0 Å². The third-order valence-electron chi connectivity index (χ3n) is 4.84. The lowest BCUT2D eigenvalue weighted by Crippen LogP contribution is -2.45. The number of hydrazine groups is 1. The molecule has 2 aromatic rings. The smallest absolute Gasteiger partial charge is 0.326 e. The molecule has 0 spiro atoms. The number of carbonyl (C=O) groups is 4. The van der Waals surface area contributed by atoms with Crippen molar-refractivity contribution in [3.8, 4) is 0 Å². The van der Waals surface area contributed by atoms with Crippen LogP contribution in [-0.4, -0.2) is 46.2 Å². The summed E-state index contributed by atoms with van der Waals surface area (Å²) in [6.07, 6.45) is 0. The van der Waals surface area contributed by atoms with Gasteiger partial charge in [0.2, 0.25) is 0 Å². The van der Waals surface area contributed by atoms with E-state index in [9.17, 15) is 19.2 Å². The molecule has 3 amide bonds. The maximum atomic E-state index is 13.3. The van der Waals surface area contributed by atoms with Gasteiger partial charge in [-0.2, -0.15) is 5.01 Å². The summed E-state index contributed by atoms with van der Waals surface area (Å²) in [6, 6.07) is 13.2. The molecule has 2 aliphatic rings. The van der Waals surface area contributed by atoms with Crippen LogP contribution in [0.4, 0.5) is 5.69 Å². The summed E-state index contributed by atoms with van der Waals surface area (Å²) in [5, 5.41) is 1.13. The van der Waals surface area contributed by atoms with Crippen LogP contribution >= 0.6 is 35.6 Å². The van der Waals surface area contributed by atoms with Crippen molar-refractivity contribution < 1.29 is 23.9 Å². The van der Waals surface area contributed by atoms with Gasteiger partial charge in [0.1, 0.15) is 6.54 Å². The Labute approximate surface area is 203 Å². The molecule has 33 heavy (non-hydrogen) atoms. The van der Waals surface area contributed by atoms with Crippen LogP contribution in [0.25, 0.3) is 5.57 Å². The van der Waals surface area contributed by atoms with Crippen molar-refractivity contribution in [1.29, 1.82) is 0 Å². The van der Waals surface area contributed by atoms with E-state index in [0.717, 1.165) is 16.8 Å². The van der Waals surface area contributed by atoms with Crippen molar-refractivity contribution in [3.05, 3.63) is 69.6 Å². The second-order valence-corrected chi connectivity index (χ2v) is 8.90. The molecule has 0 aliphatic carbocycles. The topological polar surface area (TPSA) is 96.0 Å². The van der Waals surface area contributed by atoms with Crippen LogP contribution in [0.15, 0.2) is 53.4 Å². The Hall–Kier alpha value is -3.21. The molecule has 1 N–H and O–H groups in total. The van der Waals surface area contributed by atoms with Gasteiger partial charge in [-0.1, -0.05) is 53.7 Å². The van der Waals surface area contributed by atoms with Gasteiger partial charge in [0.25, 0.3) is 17.7 Å². The van der Waals surface area contributed by atoms with Gasteiger partial charge >= 0.3 is 5.97 Å². The van der Waals surface area contributed by atoms with Crippen LogP contribution in [0, 0.1) is 0 Å². The zero-order valence-corrected chi connectivity index (χ0v) is 19.6. The fourth-order valence-electron chi connectivity index (χ4n) is 3.41. The first-order chi connectivity index (χ1) is 15.8. The van der Waals surface area contributed by atoms with E-state index in [1.807, 2.05) is 0 Å². The first kappa shape index (κ1) is 23.0. The number of thiocarbonyl (C=S) groups is 1. The van der Waals surface area contributed by atoms with E-state index in [2.05, 4.69) is 5.43 Å². The minimum Gasteiger partial charge on any atom is -0.465 e. The summed E-state index contributed by atoms with van der Waals surface area (Å²) in [7, 11) is 0. The van der Waals surface area contributed by atoms with Crippen molar-refractivity contribution in [2.45, 2.75) is 6.92 Å². The van der Waals surface area contributed by atoms with E-state index in [0.29, 0.717) is 11.3 Å². The fraction of sp³-hybridized carbons (Fsp3) is 0.136. The van der Waals surface area contributed by atoms with E-state index in [-0.39, 0.29) is 38.5 Å². The number of hydrogen-bond donors (Lipinski definition) is 1. The standard InChI is InChI=1S/C22H16ClN3O5S2/c1-2-31-16(27)11-25-15-10-6-4-8-13(15)17(20(25)29)18-21(30)26(22(32)33-18)24-19(28)12-7-3-5-9-14(12)23/h3-10H,2,11H2,1H3,(H,24,28)/b18-17-. The summed E-state index contributed by atoms with van der Waals surface area (Å²) in [4.78, 5) is 52.5. The largest absolute Gasteiger partial charge is 0.465 e. The molecule has 168 valence electrons. The number of fused-ring (bicyclic) bond motifs is 1. The predicted molar refractivity (Wildman–Crippen MR) is 128 cm³/mol. The molecular weight excluding hydrogens is 486 g/mol. The number of para-hydroxylation sites is 1. The Kier molecular flexibility index (Phi) is 6.50. The maximum absolute atomic E-state index is 13.3. The van der Waals surface area contributed by atoms with Gasteiger partial charge in [-0.3, -0.25) is 29.5 Å². The molecule has 0 unspecified atom stereocenters. The van der Waals surface area contributed by atoms with Gasteiger partial charge in [-0.05, 0) is 37.3 Å². The number of rotatable bonds is 5. The number of esters is 1. The van der Waals surface area contributed by atoms with E-state index < -0.39 is 23.7 Å². The van der Waals surface area contributed by atoms with Crippen LogP contribution in [0.2, 0.25) is 5.02 Å². The van der Waals surface area contributed by atoms with Gasteiger partial charge in [-0.15, -0.1) is 0 Å². The molecule has 2 aliphatic heterocycles. The Morgan fingerprint density at radius 1 is 1.09 bits per heavy atom. The summed E-state index contributed by atoms with van der Waals surface area (Å²) in [6.45, 7) is 1.56. The lowest BCUT2D eigenvalue weighted by Gasteiger charge is -2.16. The van der Waals surface area contributed by atoms with E-state index in [1.54, 1.807) is 49.4 Å². The average molecular weight is 502 g/mol. The molecule has 1 saturated heterocycles. The number of halogens is 1. The zero-order valence-electron chi connectivity index (χ0n) is 17.2. The molecule has 4 rings (SSSR count). The third-order valence-corrected chi connectivity index (χ3v) is 6.55. The first-order valence-corrected chi connectivity index (χ1v) is 11.4. The monoisotopic (exact) mass is 501 g/mol. The van der Waals surface area contributed by atoms with Crippen molar-refractivity contribution in [2.75, 3.05) is 18.1 Å². The molecule has 11 heteroatoms. The Balaban J connectivity index is 1.66. The van der Waals surface area contributed by atoms with Gasteiger partial charge in [0, 0.05) is 5.56 Å². The lowest BCUT2D eigenvalue weighted by atomic mass is 10.1. The van der Waals surface area contributed by atoms with Crippen LogP contribution in [0.5, 0.6) is 0 Å². The first-order valence-electron chi connectivity index (χ1n) is 9.76. The fourth-order valence-corrected chi connectivity index (χ4v) is 4.89. The molecule has 1 fully saturated rings. The summed E-state index contributed by atoms with van der Waals surface area (Å²) >= 11 is 12.2. The minimum absolute atomic E-state index is 0.0528. The highest BCUT2D eigenvalue weighted by Crippen LogP contribution is 2.44. The minimum atomic E-state index is -0.651. The number of ether oxygens (including phenoxy) is 1. The zero-order chi connectivity index (χ0) is 23.7. The van der Waals surface area contributed by atoms with Gasteiger partial charge in [0.15, 0.2) is 4.32 Å². The molecule has 2 heterocycles. The molecule has 0 bridgehead atoms. The van der Waals surface area contributed by atoms with Crippen molar-refractivity contribution >= 4 is 74.9 Å². The number of anilines is 1. The normalized spacial score (nSPS) is 17.5. The molecule has 0 saturated carbocycles. The van der Waals surface area contributed by atoms with Crippen molar-refractivity contribution in [2.24, 2.45) is 0 Å². The van der Waals surface area contributed by atoms with Crippen molar-refractivity contribution in [3.63, 3.8) is 0 Å². The second kappa shape index (κ2) is 9.34. The predicted octanol–water partition coefficient (Wildman–Crippen LogP) is 3.17. The van der Waals surface area contributed by atoms with Crippen LogP contribution in [-0.2, 0) is 19.1 Å². The Bertz CT molecular complexity index is 1250. The lowest BCUT2D eigenvalue weighted by molar-refractivity contribution is -0.142. The molecule has 2 aromatic carbocycles. The van der Waals surface area contributed by atoms with E-state index in [4.69, 9.17) is 28.6 Å². The van der Waals surface area contributed by atoms with Crippen LogP contribution in [0.1, 0.15) is 22.8 Å². The third kappa shape index (κ3) is 4.24. The highest BCUT2D eigenvalue weighted by Gasteiger charge is 2.43. The van der Waals surface area contributed by atoms with E-state index in [1.165, 1.54) is 11.0 Å². The molecule has 8 nitrogen and oxygen atoms in total. The van der Waals surface area contributed by atoms with Gasteiger partial charge in [-0.25, -0.2) is 0 Å². The number of nitrogens with one attached hydrogen (secondary N) is 1. The second-order valence-electron chi connectivity index (χ2n) is 6.85.